The van der Waals surface area contributed by atoms with Crippen LogP contribution in [0.25, 0.3) is 0 Å². The molecule has 1 N–H and O–H groups in total. The first-order valence-corrected chi connectivity index (χ1v) is 8.12. The minimum absolute atomic E-state index is 0.335. The zero-order chi connectivity index (χ0) is 13.0. The van der Waals surface area contributed by atoms with Gasteiger partial charge in [-0.1, -0.05) is 24.6 Å². The van der Waals surface area contributed by atoms with E-state index in [-0.39, 0.29) is 0 Å². The van der Waals surface area contributed by atoms with Crippen LogP contribution in [-0.2, 0) is 10.8 Å². The summed E-state index contributed by atoms with van der Waals surface area (Å²) in [4.78, 5) is 0.988. The van der Waals surface area contributed by atoms with E-state index in [4.69, 9.17) is 0 Å². The molecule has 1 fully saturated rings. The zero-order valence-electron chi connectivity index (χ0n) is 11.3. The highest BCUT2D eigenvalue weighted by Gasteiger charge is 2.29. The molecule has 0 heterocycles. The molecule has 0 bridgehead atoms. The van der Waals surface area contributed by atoms with Crippen LogP contribution in [0.3, 0.4) is 0 Å². The van der Waals surface area contributed by atoms with Gasteiger partial charge in [-0.2, -0.15) is 0 Å². The van der Waals surface area contributed by atoms with Gasteiger partial charge in [0.2, 0.25) is 0 Å². The van der Waals surface area contributed by atoms with Gasteiger partial charge in [0.05, 0.1) is 10.8 Å². The van der Waals surface area contributed by atoms with Crippen LogP contribution in [0.15, 0.2) is 29.2 Å². The normalized spacial score (nSPS) is 25.2. The van der Waals surface area contributed by atoms with E-state index in [1.54, 1.807) is 0 Å². The second-order valence-electron chi connectivity index (χ2n) is 5.20. The van der Waals surface area contributed by atoms with Gasteiger partial charge < -0.3 is 5.32 Å². The molecule has 1 saturated carbocycles. The molecule has 0 radical (unpaired) electrons. The van der Waals surface area contributed by atoms with Crippen LogP contribution >= 0.6 is 0 Å². The second-order valence-corrected chi connectivity index (χ2v) is 6.93. The molecule has 0 aliphatic heterocycles. The van der Waals surface area contributed by atoms with E-state index in [0.717, 1.165) is 24.3 Å². The van der Waals surface area contributed by atoms with E-state index in [1.165, 1.54) is 18.4 Å². The predicted molar refractivity (Wildman–Crippen MR) is 77.3 cm³/mol. The quantitative estimate of drug-likeness (QED) is 0.886. The van der Waals surface area contributed by atoms with Gasteiger partial charge in [-0.15, -0.1) is 0 Å². The molecule has 3 atom stereocenters. The van der Waals surface area contributed by atoms with E-state index in [1.807, 2.05) is 12.1 Å². The third-order valence-corrected chi connectivity index (χ3v) is 5.39. The highest BCUT2D eigenvalue weighted by molar-refractivity contribution is 7.85. The number of rotatable bonds is 5. The average Bonchev–Trinajstić information content (AvgIpc) is 2.85. The molecular weight excluding hydrogens is 242 g/mol. The van der Waals surface area contributed by atoms with Crippen LogP contribution in [0.5, 0.6) is 0 Å². The van der Waals surface area contributed by atoms with Crippen LogP contribution in [-0.4, -0.2) is 22.0 Å². The summed E-state index contributed by atoms with van der Waals surface area (Å²) in [5.74, 6) is 0. The monoisotopic (exact) mass is 265 g/mol. The number of benzene rings is 1. The molecule has 3 heteroatoms. The molecule has 100 valence electrons. The van der Waals surface area contributed by atoms with Crippen molar-refractivity contribution in [3.05, 3.63) is 29.8 Å². The molecule has 1 aliphatic rings. The lowest BCUT2D eigenvalue weighted by molar-refractivity contribution is 0.523. The molecule has 1 aromatic rings. The molecule has 0 spiro atoms. The van der Waals surface area contributed by atoms with Crippen molar-refractivity contribution in [3.63, 3.8) is 0 Å². The topological polar surface area (TPSA) is 29.1 Å². The van der Waals surface area contributed by atoms with Gasteiger partial charge in [-0.25, -0.2) is 0 Å². The molecule has 3 unspecified atom stereocenters. The van der Waals surface area contributed by atoms with Gasteiger partial charge in [-0.3, -0.25) is 4.21 Å². The van der Waals surface area contributed by atoms with Crippen molar-refractivity contribution in [2.75, 3.05) is 6.54 Å². The van der Waals surface area contributed by atoms with Crippen molar-refractivity contribution in [2.45, 2.75) is 55.7 Å². The smallest absolute Gasteiger partial charge is 0.0561 e. The van der Waals surface area contributed by atoms with Crippen molar-refractivity contribution in [1.29, 1.82) is 0 Å². The van der Waals surface area contributed by atoms with Crippen molar-refractivity contribution < 1.29 is 4.21 Å². The minimum atomic E-state index is -0.833. The summed E-state index contributed by atoms with van der Waals surface area (Å²) < 4.78 is 12.5. The highest BCUT2D eigenvalue weighted by Crippen LogP contribution is 2.27. The summed E-state index contributed by atoms with van der Waals surface area (Å²) >= 11 is 0. The Morgan fingerprint density at radius 1 is 1.28 bits per heavy atom. The summed E-state index contributed by atoms with van der Waals surface area (Å²) in [6.07, 6.45) is 4.48. The molecule has 0 aromatic heterocycles. The van der Waals surface area contributed by atoms with Crippen LogP contribution < -0.4 is 5.32 Å². The van der Waals surface area contributed by atoms with Crippen LogP contribution in [0.4, 0.5) is 0 Å². The Kier molecular flexibility index (Phi) is 4.95. The molecule has 0 saturated heterocycles. The Balaban J connectivity index is 1.93. The zero-order valence-corrected chi connectivity index (χ0v) is 12.1. The van der Waals surface area contributed by atoms with Gasteiger partial charge in [0.25, 0.3) is 0 Å². The Labute approximate surface area is 113 Å². The molecule has 2 nitrogen and oxygen atoms in total. The second kappa shape index (κ2) is 6.48. The van der Waals surface area contributed by atoms with Crippen LogP contribution in [0, 0.1) is 6.92 Å². The fraction of sp³-hybridized carbons (Fsp3) is 0.600. The van der Waals surface area contributed by atoms with Crippen molar-refractivity contribution in [1.82, 2.24) is 5.32 Å². The molecule has 1 aliphatic carbocycles. The van der Waals surface area contributed by atoms with Gasteiger partial charge in [-0.05, 0) is 51.3 Å². The molecule has 2 rings (SSSR count). The Bertz CT molecular complexity index is 401. The fourth-order valence-electron chi connectivity index (χ4n) is 2.53. The first-order chi connectivity index (χ1) is 8.70. The summed E-state index contributed by atoms with van der Waals surface area (Å²) in [7, 11) is -0.833. The predicted octanol–water partition coefficient (Wildman–Crippen LogP) is 3.02. The maximum Gasteiger partial charge on any atom is 0.0561 e. The van der Waals surface area contributed by atoms with Gasteiger partial charge >= 0.3 is 0 Å². The third kappa shape index (κ3) is 3.42. The maximum absolute atomic E-state index is 12.5. The van der Waals surface area contributed by atoms with E-state index >= 15 is 0 Å². The van der Waals surface area contributed by atoms with Gasteiger partial charge in [0, 0.05) is 16.2 Å². The van der Waals surface area contributed by atoms with Gasteiger partial charge in [0.1, 0.15) is 0 Å². The largest absolute Gasteiger partial charge is 0.314 e. The molecule has 0 amide bonds. The molecular formula is C15H23NOS. The SMILES string of the molecule is CCCNC1CCC(S(=O)c2ccc(C)cc2)C1. The number of hydrogen-bond acceptors (Lipinski definition) is 2. The number of hydrogen-bond donors (Lipinski definition) is 1. The summed E-state index contributed by atoms with van der Waals surface area (Å²) in [6, 6.07) is 8.70. The standard InChI is InChI=1S/C15H23NOS/c1-3-10-16-13-6-9-15(11-13)18(17)14-7-4-12(2)5-8-14/h4-5,7-8,13,15-16H,3,6,9-11H2,1-2H3. The van der Waals surface area contributed by atoms with Crippen molar-refractivity contribution in [3.8, 4) is 0 Å². The van der Waals surface area contributed by atoms with E-state index in [9.17, 15) is 4.21 Å². The number of aryl methyl sites for hydroxylation is 1. The fourth-order valence-corrected chi connectivity index (χ4v) is 4.08. The van der Waals surface area contributed by atoms with Crippen molar-refractivity contribution in [2.24, 2.45) is 0 Å². The lowest BCUT2D eigenvalue weighted by Crippen LogP contribution is -2.28. The third-order valence-electron chi connectivity index (χ3n) is 3.62. The minimum Gasteiger partial charge on any atom is -0.314 e. The number of nitrogens with one attached hydrogen (secondary N) is 1. The van der Waals surface area contributed by atoms with E-state index in [2.05, 4.69) is 31.3 Å². The van der Waals surface area contributed by atoms with Crippen LogP contribution in [0.1, 0.15) is 38.2 Å². The molecule has 1 aromatic carbocycles. The highest BCUT2D eigenvalue weighted by atomic mass is 32.2. The average molecular weight is 265 g/mol. The lowest BCUT2D eigenvalue weighted by atomic mass is 10.2. The maximum atomic E-state index is 12.5. The Morgan fingerprint density at radius 3 is 2.67 bits per heavy atom. The summed E-state index contributed by atoms with van der Waals surface area (Å²) in [5, 5.41) is 3.88. The Hall–Kier alpha value is -0.670. The van der Waals surface area contributed by atoms with E-state index < -0.39 is 10.8 Å². The summed E-state index contributed by atoms with van der Waals surface area (Å²) in [5.41, 5.74) is 1.23. The summed E-state index contributed by atoms with van der Waals surface area (Å²) in [6.45, 7) is 5.32. The Morgan fingerprint density at radius 2 is 2.00 bits per heavy atom. The first-order valence-electron chi connectivity index (χ1n) is 6.91. The molecule has 18 heavy (non-hydrogen) atoms. The first kappa shape index (κ1) is 13.8. The van der Waals surface area contributed by atoms with E-state index in [0.29, 0.717) is 11.3 Å². The van der Waals surface area contributed by atoms with Crippen LogP contribution in [0.2, 0.25) is 0 Å². The van der Waals surface area contributed by atoms with Gasteiger partial charge in [0.15, 0.2) is 0 Å². The van der Waals surface area contributed by atoms with Crippen molar-refractivity contribution >= 4 is 10.8 Å². The lowest BCUT2D eigenvalue weighted by Gasteiger charge is -2.12.